The number of allylic oxidation sites excluding steroid dienone is 7. The van der Waals surface area contributed by atoms with Gasteiger partial charge in [-0.2, -0.15) is 0 Å². The molecule has 0 amide bonds. The highest BCUT2D eigenvalue weighted by molar-refractivity contribution is 6.09. The summed E-state index contributed by atoms with van der Waals surface area (Å²) in [4.78, 5) is 12.9. The zero-order valence-electron chi connectivity index (χ0n) is 21.1. The van der Waals surface area contributed by atoms with Gasteiger partial charge in [-0.15, -0.1) is 0 Å². The van der Waals surface area contributed by atoms with Gasteiger partial charge in [0.15, 0.2) is 5.78 Å². The van der Waals surface area contributed by atoms with Crippen LogP contribution in [0.5, 0.6) is 17.2 Å². The van der Waals surface area contributed by atoms with Crippen molar-refractivity contribution in [2.75, 3.05) is 0 Å². The van der Waals surface area contributed by atoms with Gasteiger partial charge in [-0.3, -0.25) is 4.79 Å². The van der Waals surface area contributed by atoms with E-state index >= 15 is 0 Å². The molecule has 0 fully saturated rings. The van der Waals surface area contributed by atoms with Crippen LogP contribution in [-0.2, 0) is 19.3 Å². The van der Waals surface area contributed by atoms with Crippen LogP contribution in [0.1, 0.15) is 74.2 Å². The van der Waals surface area contributed by atoms with Crippen molar-refractivity contribution in [3.05, 3.63) is 93.1 Å². The van der Waals surface area contributed by atoms with E-state index in [2.05, 4.69) is 12.2 Å². The molecule has 34 heavy (non-hydrogen) atoms. The lowest BCUT2D eigenvalue weighted by molar-refractivity contribution is 0.104. The number of carbonyl (C=O) groups is 1. The molecule has 4 nitrogen and oxygen atoms in total. The summed E-state index contributed by atoms with van der Waals surface area (Å²) in [6, 6.07) is 6.62. The van der Waals surface area contributed by atoms with Crippen molar-refractivity contribution in [2.24, 2.45) is 0 Å². The molecule has 0 heterocycles. The molecule has 180 valence electrons. The van der Waals surface area contributed by atoms with Crippen LogP contribution in [0.25, 0.3) is 6.08 Å². The summed E-state index contributed by atoms with van der Waals surface area (Å²) in [6.07, 6.45) is 10.6. The van der Waals surface area contributed by atoms with Gasteiger partial charge in [0.1, 0.15) is 17.2 Å². The summed E-state index contributed by atoms with van der Waals surface area (Å²) in [5, 5.41) is 31.5. The molecule has 0 radical (unpaired) electrons. The number of aromatic hydroxyl groups is 3. The molecule has 0 saturated heterocycles. The average molecular weight is 461 g/mol. The SMILES string of the molecule is CC(C)=CCc1cc(C=CC(=O)c2ccc(O)c(CC=C(C)C)c2O)cc(CC=C(C)C)c1O. The minimum Gasteiger partial charge on any atom is -0.508 e. The third-order valence-corrected chi connectivity index (χ3v) is 5.42. The van der Waals surface area contributed by atoms with Crippen molar-refractivity contribution in [3.63, 3.8) is 0 Å². The first kappa shape index (κ1) is 26.7. The summed E-state index contributed by atoms with van der Waals surface area (Å²) in [6.45, 7) is 11.9. The summed E-state index contributed by atoms with van der Waals surface area (Å²) >= 11 is 0. The summed E-state index contributed by atoms with van der Waals surface area (Å²) < 4.78 is 0. The van der Waals surface area contributed by atoms with Crippen molar-refractivity contribution in [2.45, 2.75) is 60.8 Å². The van der Waals surface area contributed by atoms with Gasteiger partial charge in [0.2, 0.25) is 0 Å². The molecular formula is C30H36O4. The molecule has 4 heteroatoms. The number of rotatable bonds is 9. The minimum absolute atomic E-state index is 0.0399. The van der Waals surface area contributed by atoms with Gasteiger partial charge in [-0.05, 0) is 108 Å². The molecule has 0 bridgehead atoms. The second kappa shape index (κ2) is 12.1. The number of carbonyl (C=O) groups excluding carboxylic acids is 1. The lowest BCUT2D eigenvalue weighted by Crippen LogP contribution is -1.98. The van der Waals surface area contributed by atoms with Crippen LogP contribution in [0.4, 0.5) is 0 Å². The second-order valence-corrected chi connectivity index (χ2v) is 9.30. The van der Waals surface area contributed by atoms with Crippen molar-refractivity contribution in [3.8, 4) is 17.2 Å². The maximum atomic E-state index is 12.9. The number of phenols is 3. The maximum Gasteiger partial charge on any atom is 0.189 e. The highest BCUT2D eigenvalue weighted by Crippen LogP contribution is 2.32. The number of hydrogen-bond donors (Lipinski definition) is 3. The fourth-order valence-electron chi connectivity index (χ4n) is 3.42. The van der Waals surface area contributed by atoms with E-state index in [9.17, 15) is 20.1 Å². The van der Waals surface area contributed by atoms with Gasteiger partial charge in [0.25, 0.3) is 0 Å². The van der Waals surface area contributed by atoms with Crippen LogP contribution in [0.15, 0.2) is 65.3 Å². The quantitative estimate of drug-likeness (QED) is 0.210. The fourth-order valence-corrected chi connectivity index (χ4v) is 3.42. The van der Waals surface area contributed by atoms with Crippen LogP contribution >= 0.6 is 0 Å². The summed E-state index contributed by atoms with van der Waals surface area (Å²) in [7, 11) is 0. The lowest BCUT2D eigenvalue weighted by Gasteiger charge is -2.11. The molecule has 2 aromatic carbocycles. The van der Waals surface area contributed by atoms with Crippen LogP contribution < -0.4 is 0 Å². The van der Waals surface area contributed by atoms with Crippen LogP contribution in [0.3, 0.4) is 0 Å². The van der Waals surface area contributed by atoms with Crippen molar-refractivity contribution < 1.29 is 20.1 Å². The Labute approximate surface area is 203 Å². The average Bonchev–Trinajstić information content (AvgIpc) is 2.75. The topological polar surface area (TPSA) is 77.8 Å². The molecule has 0 aromatic heterocycles. The fraction of sp³-hybridized carbons (Fsp3) is 0.300. The van der Waals surface area contributed by atoms with Crippen molar-refractivity contribution in [1.29, 1.82) is 0 Å². The van der Waals surface area contributed by atoms with Crippen LogP contribution in [-0.4, -0.2) is 21.1 Å². The van der Waals surface area contributed by atoms with E-state index in [0.29, 0.717) is 24.8 Å². The summed E-state index contributed by atoms with van der Waals surface area (Å²) in [5.74, 6) is -0.326. The van der Waals surface area contributed by atoms with E-state index in [4.69, 9.17) is 0 Å². The highest BCUT2D eigenvalue weighted by atomic mass is 16.3. The molecule has 0 aliphatic heterocycles. The Balaban J connectivity index is 2.42. The molecule has 0 aliphatic carbocycles. The maximum absolute atomic E-state index is 12.9. The number of hydrogen-bond acceptors (Lipinski definition) is 4. The highest BCUT2D eigenvalue weighted by Gasteiger charge is 2.16. The van der Waals surface area contributed by atoms with Gasteiger partial charge in [0, 0.05) is 5.56 Å². The standard InChI is InChI=1S/C30H36O4/c1-19(2)7-11-23-17-22(18-24(29(23)33)12-8-20(3)4)10-15-27(31)26-14-16-28(32)25(30(26)34)13-9-21(5)6/h7-10,14-18,32-34H,11-13H2,1-6H3. The van der Waals surface area contributed by atoms with Gasteiger partial charge >= 0.3 is 0 Å². The Bertz CT molecular complexity index is 1120. The minimum atomic E-state index is -0.360. The van der Waals surface area contributed by atoms with Gasteiger partial charge in [-0.1, -0.05) is 41.0 Å². The molecule has 2 aromatic rings. The molecule has 0 unspecified atom stereocenters. The molecule has 3 N–H and O–H groups in total. The largest absolute Gasteiger partial charge is 0.508 e. The number of phenolic OH excluding ortho intramolecular Hbond substituents is 3. The predicted molar refractivity (Wildman–Crippen MR) is 141 cm³/mol. The van der Waals surface area contributed by atoms with E-state index in [1.54, 1.807) is 6.08 Å². The molecule has 0 atom stereocenters. The van der Waals surface area contributed by atoms with Gasteiger partial charge < -0.3 is 15.3 Å². The second-order valence-electron chi connectivity index (χ2n) is 9.30. The monoisotopic (exact) mass is 460 g/mol. The van der Waals surface area contributed by atoms with Crippen molar-refractivity contribution in [1.82, 2.24) is 0 Å². The smallest absolute Gasteiger partial charge is 0.189 e. The molecule has 0 aliphatic rings. The van der Waals surface area contributed by atoms with E-state index in [1.807, 2.05) is 59.8 Å². The molecule has 2 rings (SSSR count). The summed E-state index contributed by atoms with van der Waals surface area (Å²) in [5.41, 5.74) is 6.23. The number of ketones is 1. The number of benzene rings is 2. The Morgan fingerprint density at radius 2 is 1.24 bits per heavy atom. The lowest BCUT2D eigenvalue weighted by atomic mass is 9.97. The third-order valence-electron chi connectivity index (χ3n) is 5.42. The molecular weight excluding hydrogens is 424 g/mol. The molecule has 0 spiro atoms. The van der Waals surface area contributed by atoms with E-state index in [-0.39, 0.29) is 28.6 Å². The van der Waals surface area contributed by atoms with Gasteiger partial charge in [0.05, 0.1) is 5.56 Å². The van der Waals surface area contributed by atoms with E-state index < -0.39 is 0 Å². The Hall–Kier alpha value is -3.53. The Morgan fingerprint density at radius 3 is 1.74 bits per heavy atom. The third kappa shape index (κ3) is 7.51. The van der Waals surface area contributed by atoms with Crippen molar-refractivity contribution >= 4 is 11.9 Å². The van der Waals surface area contributed by atoms with E-state index in [0.717, 1.165) is 33.4 Å². The Kier molecular flexibility index (Phi) is 9.49. The first-order valence-corrected chi connectivity index (χ1v) is 11.5. The first-order chi connectivity index (χ1) is 16.0. The van der Waals surface area contributed by atoms with E-state index in [1.165, 1.54) is 18.2 Å². The van der Waals surface area contributed by atoms with Crippen LogP contribution in [0, 0.1) is 0 Å². The molecule has 0 saturated carbocycles. The van der Waals surface area contributed by atoms with Gasteiger partial charge in [-0.25, -0.2) is 0 Å². The zero-order chi connectivity index (χ0) is 25.4. The normalized spacial score (nSPS) is 10.8. The van der Waals surface area contributed by atoms with Crippen LogP contribution in [0.2, 0.25) is 0 Å². The predicted octanol–water partition coefficient (Wildman–Crippen LogP) is 7.23. The first-order valence-electron chi connectivity index (χ1n) is 11.5. The Morgan fingerprint density at radius 1 is 0.735 bits per heavy atom. The zero-order valence-corrected chi connectivity index (χ0v) is 21.1.